The zero-order valence-corrected chi connectivity index (χ0v) is 5.31. The lowest BCUT2D eigenvalue weighted by atomic mass is 10.4. The second kappa shape index (κ2) is 2.99. The van der Waals surface area contributed by atoms with E-state index >= 15 is 0 Å². The number of rotatable bonds is 2. The summed E-state index contributed by atoms with van der Waals surface area (Å²) in [6.07, 6.45) is 3.98. The summed E-state index contributed by atoms with van der Waals surface area (Å²) in [4.78, 5) is 3.72. The van der Waals surface area contributed by atoms with E-state index in [0.717, 1.165) is 0 Å². The Kier molecular flexibility index (Phi) is 2.03. The molecule has 1 heterocycles. The van der Waals surface area contributed by atoms with Gasteiger partial charge in [-0.15, -0.1) is 0 Å². The summed E-state index contributed by atoms with van der Waals surface area (Å²) >= 11 is 0. The van der Waals surface area contributed by atoms with Crippen LogP contribution in [-0.4, -0.2) is 14.7 Å². The molecule has 0 aliphatic heterocycles. The maximum Gasteiger partial charge on any atom is 0.144 e. The number of aliphatic hydroxyl groups excluding tert-OH is 1. The molecule has 4 heteroatoms. The van der Waals surface area contributed by atoms with E-state index in [1.807, 2.05) is 6.07 Å². The van der Waals surface area contributed by atoms with Crippen LogP contribution in [0, 0.1) is 11.3 Å². The largest absolute Gasteiger partial charge is 0.372 e. The van der Waals surface area contributed by atoms with Gasteiger partial charge in [-0.1, -0.05) is 0 Å². The van der Waals surface area contributed by atoms with Gasteiger partial charge in [-0.3, -0.25) is 0 Å². The Bertz CT molecular complexity index is 224. The van der Waals surface area contributed by atoms with Crippen molar-refractivity contribution in [1.29, 1.82) is 5.26 Å². The van der Waals surface area contributed by atoms with Crippen LogP contribution in [0.25, 0.3) is 0 Å². The fourth-order valence-electron chi connectivity index (χ4n) is 0.633. The quantitative estimate of drug-likeness (QED) is 0.637. The van der Waals surface area contributed by atoms with Crippen molar-refractivity contribution in [2.45, 2.75) is 12.6 Å². The molecule has 1 aromatic heterocycles. The van der Waals surface area contributed by atoms with Crippen LogP contribution in [-0.2, 0) is 0 Å². The van der Waals surface area contributed by atoms with Crippen LogP contribution in [0.15, 0.2) is 18.7 Å². The molecular formula is C6H7N3O. The molecule has 0 amide bonds. The molecule has 1 unspecified atom stereocenters. The van der Waals surface area contributed by atoms with Crippen LogP contribution in [0.3, 0.4) is 0 Å². The van der Waals surface area contributed by atoms with Gasteiger partial charge in [0.05, 0.1) is 18.8 Å². The molecule has 0 fully saturated rings. The topological polar surface area (TPSA) is 61.8 Å². The monoisotopic (exact) mass is 137 g/mol. The first-order chi connectivity index (χ1) is 4.84. The number of hydrogen-bond acceptors (Lipinski definition) is 3. The number of hydrogen-bond donors (Lipinski definition) is 1. The summed E-state index contributed by atoms with van der Waals surface area (Å²) in [5, 5.41) is 17.3. The lowest BCUT2D eigenvalue weighted by Crippen LogP contribution is -2.03. The lowest BCUT2D eigenvalue weighted by Gasteiger charge is -2.05. The third-order valence-electron chi connectivity index (χ3n) is 1.14. The van der Waals surface area contributed by atoms with Gasteiger partial charge >= 0.3 is 0 Å². The molecule has 4 nitrogen and oxygen atoms in total. The first-order valence-electron chi connectivity index (χ1n) is 2.87. The summed E-state index contributed by atoms with van der Waals surface area (Å²) in [6, 6.07) is 1.86. The van der Waals surface area contributed by atoms with E-state index < -0.39 is 6.23 Å². The second-order valence-corrected chi connectivity index (χ2v) is 1.85. The minimum absolute atomic E-state index is 0.0936. The molecule has 0 saturated heterocycles. The Balaban J connectivity index is 2.61. The number of nitriles is 1. The lowest BCUT2D eigenvalue weighted by molar-refractivity contribution is 0.109. The molecule has 0 aliphatic carbocycles. The van der Waals surface area contributed by atoms with Crippen molar-refractivity contribution >= 4 is 0 Å². The fraction of sp³-hybridized carbons (Fsp3) is 0.333. The van der Waals surface area contributed by atoms with Crippen molar-refractivity contribution in [2.75, 3.05) is 0 Å². The van der Waals surface area contributed by atoms with Crippen LogP contribution in [0.5, 0.6) is 0 Å². The Morgan fingerprint density at radius 3 is 3.10 bits per heavy atom. The molecule has 0 saturated carbocycles. The third-order valence-corrected chi connectivity index (χ3v) is 1.14. The van der Waals surface area contributed by atoms with E-state index in [9.17, 15) is 0 Å². The fourth-order valence-corrected chi connectivity index (χ4v) is 0.633. The zero-order valence-electron chi connectivity index (χ0n) is 5.31. The standard InChI is InChI=1S/C6H7N3O/c7-2-1-6(10)9-4-3-8-5-9/h3-6,10H,1H2. The van der Waals surface area contributed by atoms with Gasteiger partial charge in [0.25, 0.3) is 0 Å². The minimum Gasteiger partial charge on any atom is -0.372 e. The Morgan fingerprint density at radius 2 is 2.60 bits per heavy atom. The molecule has 10 heavy (non-hydrogen) atoms. The summed E-state index contributed by atoms with van der Waals surface area (Å²) in [5.41, 5.74) is 0. The molecule has 52 valence electrons. The minimum atomic E-state index is -0.757. The predicted molar refractivity (Wildman–Crippen MR) is 33.7 cm³/mol. The van der Waals surface area contributed by atoms with Gasteiger partial charge in [0.15, 0.2) is 0 Å². The van der Waals surface area contributed by atoms with E-state index in [1.54, 1.807) is 12.4 Å². The average molecular weight is 137 g/mol. The molecule has 1 atom stereocenters. The molecule has 1 aromatic rings. The van der Waals surface area contributed by atoms with Gasteiger partial charge in [0.2, 0.25) is 0 Å². The number of nitrogens with zero attached hydrogens (tertiary/aromatic N) is 3. The van der Waals surface area contributed by atoms with Crippen LogP contribution in [0.1, 0.15) is 12.6 Å². The van der Waals surface area contributed by atoms with Gasteiger partial charge < -0.3 is 9.67 Å². The molecule has 1 N–H and O–H groups in total. The van der Waals surface area contributed by atoms with E-state index in [0.29, 0.717) is 0 Å². The van der Waals surface area contributed by atoms with Crippen molar-refractivity contribution < 1.29 is 5.11 Å². The first kappa shape index (κ1) is 6.78. The number of aliphatic hydroxyl groups is 1. The van der Waals surface area contributed by atoms with Crippen LogP contribution in [0.2, 0.25) is 0 Å². The van der Waals surface area contributed by atoms with Crippen molar-refractivity contribution in [3.05, 3.63) is 18.7 Å². The smallest absolute Gasteiger partial charge is 0.144 e. The molecule has 1 rings (SSSR count). The summed E-state index contributed by atoms with van der Waals surface area (Å²) in [5.74, 6) is 0. The van der Waals surface area contributed by atoms with Crippen LogP contribution < -0.4 is 0 Å². The first-order valence-corrected chi connectivity index (χ1v) is 2.87. The van der Waals surface area contributed by atoms with Gasteiger partial charge in [-0.25, -0.2) is 4.98 Å². The molecule has 0 bridgehead atoms. The van der Waals surface area contributed by atoms with E-state index in [-0.39, 0.29) is 6.42 Å². The van der Waals surface area contributed by atoms with E-state index in [4.69, 9.17) is 10.4 Å². The van der Waals surface area contributed by atoms with Crippen molar-refractivity contribution in [2.24, 2.45) is 0 Å². The average Bonchev–Trinajstić information content (AvgIpc) is 2.38. The summed E-state index contributed by atoms with van der Waals surface area (Å²) < 4.78 is 1.48. The van der Waals surface area contributed by atoms with Gasteiger partial charge in [-0.05, 0) is 0 Å². The van der Waals surface area contributed by atoms with Crippen LogP contribution in [0.4, 0.5) is 0 Å². The molecule has 0 aromatic carbocycles. The van der Waals surface area contributed by atoms with Crippen molar-refractivity contribution in [3.63, 3.8) is 0 Å². The maximum atomic E-state index is 9.11. The SMILES string of the molecule is N#CCC(O)n1ccnc1. The summed E-state index contributed by atoms with van der Waals surface area (Å²) in [6.45, 7) is 0. The molecule has 0 spiro atoms. The number of imidazole rings is 1. The molecule has 0 radical (unpaired) electrons. The van der Waals surface area contributed by atoms with Crippen molar-refractivity contribution in [3.8, 4) is 6.07 Å². The Labute approximate surface area is 58.4 Å². The maximum absolute atomic E-state index is 9.11. The zero-order chi connectivity index (χ0) is 7.40. The highest BCUT2D eigenvalue weighted by Crippen LogP contribution is 2.03. The van der Waals surface area contributed by atoms with Gasteiger partial charge in [0.1, 0.15) is 6.23 Å². The van der Waals surface area contributed by atoms with Crippen LogP contribution >= 0.6 is 0 Å². The highest BCUT2D eigenvalue weighted by Gasteiger charge is 2.02. The highest BCUT2D eigenvalue weighted by molar-refractivity contribution is 4.81. The Hall–Kier alpha value is -1.34. The molecular weight excluding hydrogens is 130 g/mol. The third kappa shape index (κ3) is 1.33. The molecule has 0 aliphatic rings. The Morgan fingerprint density at radius 1 is 1.80 bits per heavy atom. The second-order valence-electron chi connectivity index (χ2n) is 1.85. The van der Waals surface area contributed by atoms with Gasteiger partial charge in [0, 0.05) is 12.4 Å². The highest BCUT2D eigenvalue weighted by atomic mass is 16.3. The van der Waals surface area contributed by atoms with Crippen molar-refractivity contribution in [1.82, 2.24) is 9.55 Å². The predicted octanol–water partition coefficient (Wildman–Crippen LogP) is 0.288. The summed E-state index contributed by atoms with van der Waals surface area (Å²) in [7, 11) is 0. The van der Waals surface area contributed by atoms with E-state index in [2.05, 4.69) is 4.98 Å². The number of aromatic nitrogens is 2. The van der Waals surface area contributed by atoms with Gasteiger partial charge in [-0.2, -0.15) is 5.26 Å². The van der Waals surface area contributed by atoms with E-state index in [1.165, 1.54) is 10.9 Å². The normalized spacial score (nSPS) is 12.4.